The molecular weight excluding hydrogens is 883 g/mol. The largest absolute Gasteiger partial charge is 0.494 e. The molecule has 0 bridgehead atoms. The fraction of sp³-hybridized carbons (Fsp3) is 0.353. The molecule has 7 aromatic rings. The molecule has 9 rings (SSSR count). The van der Waals surface area contributed by atoms with Crippen LogP contribution in [0.2, 0.25) is 15.1 Å². The highest BCUT2D eigenvalue weighted by Gasteiger charge is 2.40. The monoisotopic (exact) mass is 934 g/mol. The van der Waals surface area contributed by atoms with Crippen LogP contribution in [-0.2, 0) is 27.1 Å². The van der Waals surface area contributed by atoms with Crippen molar-refractivity contribution in [2.75, 3.05) is 31.1 Å². The van der Waals surface area contributed by atoms with E-state index in [0.29, 0.717) is 52.9 Å². The van der Waals surface area contributed by atoms with Crippen LogP contribution in [0.4, 0.5) is 5.82 Å². The summed E-state index contributed by atoms with van der Waals surface area (Å²) < 4.78 is 18.3. The number of aromatic carboxylic acids is 1. The minimum absolute atomic E-state index is 0.109. The highest BCUT2D eigenvalue weighted by Crippen LogP contribution is 2.46. The van der Waals surface area contributed by atoms with Crippen molar-refractivity contribution in [2.24, 2.45) is 14.1 Å². The smallest absolute Gasteiger partial charge is 0.340 e. The van der Waals surface area contributed by atoms with Gasteiger partial charge in [-0.2, -0.15) is 5.10 Å². The van der Waals surface area contributed by atoms with Gasteiger partial charge in [-0.1, -0.05) is 46.9 Å². The van der Waals surface area contributed by atoms with E-state index in [1.165, 1.54) is 0 Å². The number of piperidine rings is 1. The van der Waals surface area contributed by atoms with Gasteiger partial charge in [-0.05, 0) is 137 Å². The van der Waals surface area contributed by atoms with Crippen LogP contribution in [0.25, 0.3) is 32.9 Å². The molecule has 1 atom stereocenters. The summed E-state index contributed by atoms with van der Waals surface area (Å²) in [5.74, 6) is 0.560. The Balaban J connectivity index is 1.07. The number of ether oxygens (including phenoxy) is 2. The van der Waals surface area contributed by atoms with Gasteiger partial charge < -0.3 is 23.7 Å². The summed E-state index contributed by atoms with van der Waals surface area (Å²) >= 11 is 19.7. The molecule has 5 heterocycles. The zero-order chi connectivity index (χ0) is 46.0. The van der Waals surface area contributed by atoms with Gasteiger partial charge in [-0.15, -0.1) is 0 Å². The highest BCUT2D eigenvalue weighted by atomic mass is 35.5. The van der Waals surface area contributed by atoms with Crippen molar-refractivity contribution in [3.63, 3.8) is 0 Å². The lowest BCUT2D eigenvalue weighted by atomic mass is 9.98. The van der Waals surface area contributed by atoms with Crippen molar-refractivity contribution in [3.05, 3.63) is 127 Å². The number of hydrogen-bond donors (Lipinski definition) is 1. The lowest BCUT2D eigenvalue weighted by Crippen LogP contribution is -2.44. The van der Waals surface area contributed by atoms with Crippen molar-refractivity contribution in [2.45, 2.75) is 79.0 Å². The van der Waals surface area contributed by atoms with Crippen molar-refractivity contribution in [1.29, 1.82) is 0 Å². The van der Waals surface area contributed by atoms with E-state index < -0.39 is 5.97 Å². The van der Waals surface area contributed by atoms with E-state index in [0.717, 1.165) is 104 Å². The van der Waals surface area contributed by atoms with Gasteiger partial charge in [0.2, 0.25) is 0 Å². The zero-order valence-corrected chi connectivity index (χ0v) is 40.0. The number of likely N-dealkylation sites (tertiary alicyclic amines) is 1. The Morgan fingerprint density at radius 3 is 2.25 bits per heavy atom. The molecule has 1 saturated heterocycles. The fourth-order valence-corrected chi connectivity index (χ4v) is 10.6. The van der Waals surface area contributed by atoms with E-state index in [4.69, 9.17) is 49.4 Å². The van der Waals surface area contributed by atoms with Crippen LogP contribution in [0.3, 0.4) is 0 Å². The second-order valence-electron chi connectivity index (χ2n) is 17.7. The fourth-order valence-electron chi connectivity index (χ4n) is 10.2. The normalized spacial score (nSPS) is 15.9. The molecule has 2 aliphatic heterocycles. The van der Waals surface area contributed by atoms with Gasteiger partial charge in [0.25, 0.3) is 5.91 Å². The summed E-state index contributed by atoms with van der Waals surface area (Å²) in [6.07, 6.45) is 2.99. The number of rotatable bonds is 12. The first-order chi connectivity index (χ1) is 31.1. The first kappa shape index (κ1) is 44.7. The number of hydrogen-bond acceptors (Lipinski definition) is 6. The average Bonchev–Trinajstić information content (AvgIpc) is 3.86. The minimum Gasteiger partial charge on any atom is -0.494 e. The van der Waals surface area contributed by atoms with E-state index in [1.54, 1.807) is 4.90 Å². The zero-order valence-electron chi connectivity index (χ0n) is 37.8. The molecule has 0 saturated carbocycles. The van der Waals surface area contributed by atoms with Crippen molar-refractivity contribution in [3.8, 4) is 22.6 Å². The maximum Gasteiger partial charge on any atom is 0.340 e. The lowest BCUT2D eigenvalue weighted by molar-refractivity contribution is 0.0699. The third-order valence-electron chi connectivity index (χ3n) is 13.3. The van der Waals surface area contributed by atoms with Crippen LogP contribution < -0.4 is 14.4 Å². The number of fused-ring (bicyclic) bond motifs is 4. The number of benzene rings is 4. The molecule has 0 aliphatic carbocycles. The van der Waals surface area contributed by atoms with Crippen molar-refractivity contribution < 1.29 is 24.2 Å². The molecule has 0 radical (unpaired) electrons. The number of amides is 1. The van der Waals surface area contributed by atoms with Crippen LogP contribution in [0, 0.1) is 27.7 Å². The molecule has 1 N–H and O–H groups in total. The molecule has 0 spiro atoms. The van der Waals surface area contributed by atoms with Crippen LogP contribution in [0.5, 0.6) is 11.5 Å². The molecule has 1 fully saturated rings. The Labute approximate surface area is 394 Å². The Morgan fingerprint density at radius 1 is 0.877 bits per heavy atom. The molecule has 0 unspecified atom stereocenters. The predicted molar refractivity (Wildman–Crippen MR) is 260 cm³/mol. The van der Waals surface area contributed by atoms with Crippen LogP contribution >= 0.6 is 34.8 Å². The Hall–Kier alpha value is -5.46. The number of carbonyl (C=O) groups is 2. The topological polar surface area (TPSA) is 107 Å². The van der Waals surface area contributed by atoms with Crippen LogP contribution in [0.15, 0.2) is 66.7 Å². The van der Waals surface area contributed by atoms with E-state index in [2.05, 4.69) is 22.5 Å². The summed E-state index contributed by atoms with van der Waals surface area (Å²) in [6.45, 7) is 13.0. The Bertz CT molecular complexity index is 2990. The predicted octanol–water partition coefficient (Wildman–Crippen LogP) is 11.7. The second kappa shape index (κ2) is 17.7. The number of halogens is 3. The van der Waals surface area contributed by atoms with Gasteiger partial charge in [-0.3, -0.25) is 19.3 Å². The van der Waals surface area contributed by atoms with Gasteiger partial charge in [0.1, 0.15) is 34.7 Å². The van der Waals surface area contributed by atoms with E-state index in [9.17, 15) is 9.90 Å². The maximum absolute atomic E-state index is 15.5. The van der Waals surface area contributed by atoms with E-state index in [-0.39, 0.29) is 30.2 Å². The summed E-state index contributed by atoms with van der Waals surface area (Å²) in [4.78, 5) is 33.0. The highest BCUT2D eigenvalue weighted by molar-refractivity contribution is 6.35. The quantitative estimate of drug-likeness (QED) is 0.122. The molecule has 65 heavy (non-hydrogen) atoms. The molecule has 2 aliphatic rings. The lowest BCUT2D eigenvalue weighted by Gasteiger charge is -2.34. The van der Waals surface area contributed by atoms with Crippen molar-refractivity contribution >= 4 is 74.3 Å². The Kier molecular flexibility index (Phi) is 12.2. The first-order valence-electron chi connectivity index (χ1n) is 22.2. The summed E-state index contributed by atoms with van der Waals surface area (Å²) in [6, 6.07) is 21.0. The van der Waals surface area contributed by atoms with Gasteiger partial charge in [-0.25, -0.2) is 4.79 Å². The maximum atomic E-state index is 15.5. The average molecular weight is 936 g/mol. The molecule has 11 nitrogen and oxygen atoms in total. The third kappa shape index (κ3) is 8.15. The standard InChI is InChI=1S/C51H53Cl3N6O5/c1-28-23-37(24-29(2)46(28)54)64-22-8-9-38-39-15-16-41(53)45(43-31(4)55-57(7)32(43)5)47(39)60-30(3)26-59(50(61)48(38)60)49-44(51(62)63)40-25-33(10-17-42(40)56(49)6)27-58-20-18-36(19-21-58)65-35-13-11-34(52)12-14-35/h10-17,23-25,30,36H,8-9,18-22,26-27H2,1-7H3,(H,62,63)/t30-/m1/s1. The number of carboxylic acids is 1. The molecule has 1 amide bonds. The third-order valence-corrected chi connectivity index (χ3v) is 14.5. The van der Waals surface area contributed by atoms with Crippen LogP contribution in [0.1, 0.15) is 86.7 Å². The molecule has 338 valence electrons. The molecular formula is C51H53Cl3N6O5. The SMILES string of the molecule is Cc1cc(OCCCc2c3n(c4c(-c5c(C)nn(C)c5C)c(Cl)ccc24)[C@H](C)CN(c2c(C(=O)O)c4cc(CN5CCC(Oc6ccc(Cl)cc6)CC5)ccc4n2C)C3=O)cc(C)c1Cl. The van der Waals surface area contributed by atoms with Crippen LogP contribution in [-0.4, -0.2) is 73.1 Å². The summed E-state index contributed by atoms with van der Waals surface area (Å²) in [7, 11) is 3.77. The van der Waals surface area contributed by atoms with Gasteiger partial charge in [0, 0.05) is 84.0 Å². The molecule has 14 heteroatoms. The summed E-state index contributed by atoms with van der Waals surface area (Å²) in [5.41, 5.74) is 9.56. The first-order valence-corrected chi connectivity index (χ1v) is 23.3. The molecule has 4 aromatic carbocycles. The minimum atomic E-state index is -1.09. The van der Waals surface area contributed by atoms with E-state index in [1.807, 2.05) is 112 Å². The molecule has 3 aromatic heterocycles. The van der Waals surface area contributed by atoms with E-state index >= 15 is 4.79 Å². The second-order valence-corrected chi connectivity index (χ2v) is 19.0. The van der Waals surface area contributed by atoms with Gasteiger partial charge >= 0.3 is 5.97 Å². The number of carboxylic acid groups (broad SMARTS) is 1. The number of nitrogens with zero attached hydrogens (tertiary/aromatic N) is 6. The number of anilines is 1. The summed E-state index contributed by atoms with van der Waals surface area (Å²) in [5, 5.41) is 19.2. The Morgan fingerprint density at radius 2 is 1.58 bits per heavy atom. The van der Waals surface area contributed by atoms with Crippen molar-refractivity contribution in [1.82, 2.24) is 23.8 Å². The number of carbonyl (C=O) groups excluding carboxylic acids is 1. The van der Waals surface area contributed by atoms with Gasteiger partial charge in [0.15, 0.2) is 0 Å². The number of aryl methyl sites for hydroxylation is 6. The van der Waals surface area contributed by atoms with Gasteiger partial charge in [0.05, 0.1) is 28.4 Å². The number of aromatic nitrogens is 4.